The maximum absolute atomic E-state index is 4.26. The molecule has 5 heterocycles. The number of hydrogen-bond donors (Lipinski definition) is 8. The van der Waals surface area contributed by atoms with E-state index in [-0.39, 0.29) is 7.43 Å². The lowest BCUT2D eigenvalue weighted by Gasteiger charge is -2.35. The van der Waals surface area contributed by atoms with Crippen LogP contribution in [-0.4, -0.2) is 49.3 Å². The van der Waals surface area contributed by atoms with Crippen LogP contribution in [0.4, 0.5) is 0 Å². The molecule has 4 aliphatic carbocycles. The van der Waals surface area contributed by atoms with Gasteiger partial charge in [0.2, 0.25) is 0 Å². The second kappa shape index (κ2) is 11.6. The summed E-state index contributed by atoms with van der Waals surface area (Å²) in [4.78, 5) is 0. The first kappa shape index (κ1) is 28.2. The van der Waals surface area contributed by atoms with Crippen LogP contribution in [-0.2, 0) is 0 Å². The Kier molecular flexibility index (Phi) is 7.94. The van der Waals surface area contributed by atoms with Gasteiger partial charge in [0.25, 0.3) is 0 Å². The molecule has 0 aromatic rings. The van der Waals surface area contributed by atoms with Crippen molar-refractivity contribution in [3.63, 3.8) is 0 Å². The summed E-state index contributed by atoms with van der Waals surface area (Å²) in [6.45, 7) is 0. The summed E-state index contributed by atoms with van der Waals surface area (Å²) < 4.78 is 0. The van der Waals surface area contributed by atoms with Gasteiger partial charge in [-0.2, -0.15) is 0 Å². The molecule has 8 unspecified atom stereocenters. The fourth-order valence-corrected chi connectivity index (χ4v) is 12.0. The molecule has 0 aromatic carbocycles. The highest BCUT2D eigenvalue weighted by atomic mass is 15.4. The predicted octanol–water partition coefficient (Wildman–Crippen LogP) is 3.24. The highest BCUT2D eigenvalue weighted by molar-refractivity contribution is 5.08. The molecule has 8 nitrogen and oxygen atoms in total. The van der Waals surface area contributed by atoms with Crippen molar-refractivity contribution >= 4 is 0 Å². The summed E-state index contributed by atoms with van der Waals surface area (Å²) in [6.07, 6.45) is 25.6. The Morgan fingerprint density at radius 1 is 0.220 bits per heavy atom. The maximum atomic E-state index is 4.26. The van der Waals surface area contributed by atoms with Crippen molar-refractivity contribution in [2.45, 2.75) is 159 Å². The Labute approximate surface area is 249 Å². The van der Waals surface area contributed by atoms with Gasteiger partial charge in [0.05, 0.1) is 49.3 Å². The van der Waals surface area contributed by atoms with Gasteiger partial charge >= 0.3 is 0 Å². The average molecular weight is 569 g/mol. The van der Waals surface area contributed by atoms with E-state index in [2.05, 4.69) is 42.5 Å². The molecule has 5 saturated heterocycles. The van der Waals surface area contributed by atoms with Crippen molar-refractivity contribution in [2.75, 3.05) is 0 Å². The molecule has 0 aromatic heterocycles. The smallest absolute Gasteiger partial charge is 0.0628 e. The van der Waals surface area contributed by atoms with E-state index in [0.29, 0.717) is 49.3 Å². The van der Waals surface area contributed by atoms with E-state index in [1.807, 2.05) is 0 Å². The lowest BCUT2D eigenvalue weighted by atomic mass is 9.76. The van der Waals surface area contributed by atoms with Crippen molar-refractivity contribution in [2.24, 2.45) is 47.3 Å². The summed E-state index contributed by atoms with van der Waals surface area (Å²) in [7, 11) is 0. The van der Waals surface area contributed by atoms with E-state index >= 15 is 0 Å². The minimum absolute atomic E-state index is 0. The van der Waals surface area contributed by atoms with Gasteiger partial charge in [0, 0.05) is 0 Å². The van der Waals surface area contributed by atoms with Crippen molar-refractivity contribution in [3.8, 4) is 0 Å². The molecule has 8 atom stereocenters. The fourth-order valence-electron chi connectivity index (χ4n) is 12.0. The van der Waals surface area contributed by atoms with Crippen LogP contribution in [0.3, 0.4) is 0 Å². The SMILES string of the molecule is C.C1CCC2C3NC(NC4NC(NC5NC(NC6NC(N3)C3CCCCC63)C3CCCCC53)C3CCCCC43)C2C1. The molecule has 9 fully saturated rings. The number of fused-ring (bicyclic) bond motifs is 20. The number of hydrogen-bond acceptors (Lipinski definition) is 8. The van der Waals surface area contributed by atoms with Crippen molar-refractivity contribution in [1.29, 1.82) is 0 Å². The van der Waals surface area contributed by atoms with Gasteiger partial charge in [-0.1, -0.05) is 58.8 Å². The van der Waals surface area contributed by atoms with Crippen molar-refractivity contribution in [1.82, 2.24) is 42.5 Å². The Hall–Kier alpha value is -0.320. The normalized spacial score (nSPS) is 56.2. The molecule has 4 saturated carbocycles. The highest BCUT2D eigenvalue weighted by Gasteiger charge is 2.54. The van der Waals surface area contributed by atoms with Gasteiger partial charge in [0.1, 0.15) is 0 Å². The topological polar surface area (TPSA) is 96.2 Å². The van der Waals surface area contributed by atoms with Gasteiger partial charge in [-0.25, -0.2) is 0 Å². The fraction of sp³-hybridized carbons (Fsp3) is 1.00. The highest BCUT2D eigenvalue weighted by Crippen LogP contribution is 2.45. The van der Waals surface area contributed by atoms with Gasteiger partial charge in [-0.3, -0.25) is 42.5 Å². The third-order valence-corrected chi connectivity index (χ3v) is 13.8. The lowest BCUT2D eigenvalue weighted by molar-refractivity contribution is 0.167. The Morgan fingerprint density at radius 3 is 0.463 bits per heavy atom. The summed E-state index contributed by atoms with van der Waals surface area (Å²) >= 11 is 0. The maximum Gasteiger partial charge on any atom is 0.0628 e. The van der Waals surface area contributed by atoms with E-state index in [9.17, 15) is 0 Å². The van der Waals surface area contributed by atoms with Gasteiger partial charge in [0.15, 0.2) is 0 Å². The van der Waals surface area contributed by atoms with E-state index in [0.717, 1.165) is 47.3 Å². The van der Waals surface area contributed by atoms with E-state index in [1.54, 1.807) is 0 Å². The Bertz CT molecular complexity index is 710. The molecule has 232 valence electrons. The summed E-state index contributed by atoms with van der Waals surface area (Å²) in [5.74, 6) is 5.97. The van der Waals surface area contributed by atoms with E-state index < -0.39 is 0 Å². The quantitative estimate of drug-likeness (QED) is 0.226. The monoisotopic (exact) mass is 568 g/mol. The third kappa shape index (κ3) is 4.86. The molecule has 0 spiro atoms. The predicted molar refractivity (Wildman–Crippen MR) is 164 cm³/mol. The van der Waals surface area contributed by atoms with Crippen LogP contribution >= 0.6 is 0 Å². The molecule has 8 heteroatoms. The molecule has 9 rings (SSSR count). The zero-order chi connectivity index (χ0) is 26.2. The van der Waals surface area contributed by atoms with Crippen LogP contribution in [0.25, 0.3) is 0 Å². The minimum atomic E-state index is 0. The zero-order valence-electron chi connectivity index (χ0n) is 24.6. The second-order valence-corrected chi connectivity index (χ2v) is 15.6. The molecule has 9 aliphatic rings. The van der Waals surface area contributed by atoms with Gasteiger partial charge < -0.3 is 0 Å². The molecular formula is C33H60N8. The second-order valence-electron chi connectivity index (χ2n) is 15.6. The average Bonchev–Trinajstić information content (AvgIpc) is 3.73. The van der Waals surface area contributed by atoms with Crippen LogP contribution in [0.2, 0.25) is 0 Å². The molecule has 0 radical (unpaired) electrons. The first-order valence-corrected chi connectivity index (χ1v) is 17.9. The molecule has 0 amide bonds. The van der Waals surface area contributed by atoms with Crippen LogP contribution < -0.4 is 42.5 Å². The van der Waals surface area contributed by atoms with Gasteiger partial charge in [-0.05, 0) is 98.7 Å². The molecule has 8 bridgehead atoms. The number of nitrogens with one attached hydrogen (secondary N) is 8. The first-order chi connectivity index (χ1) is 19.8. The molecule has 41 heavy (non-hydrogen) atoms. The summed E-state index contributed by atoms with van der Waals surface area (Å²) in [5, 5.41) is 33.8. The van der Waals surface area contributed by atoms with E-state index in [1.165, 1.54) is 103 Å². The number of rotatable bonds is 0. The summed E-state index contributed by atoms with van der Waals surface area (Å²) in [5.41, 5.74) is 0. The van der Waals surface area contributed by atoms with Crippen LogP contribution in [0.5, 0.6) is 0 Å². The van der Waals surface area contributed by atoms with Crippen LogP contribution in [0.15, 0.2) is 0 Å². The summed E-state index contributed by atoms with van der Waals surface area (Å²) in [6, 6.07) is 0. The standard InChI is InChI=1S/C32H56N8.CH4/c1-2-10-18-17(9-1)25-33-26(18)38-28-21-13-5-6-14-22(21)30(35-28)40-32-24-16-8-7-15-23(24)31(36-32)39-29-20-12-4-3-11-19(20)27(34-29)37-25;/h17-40H,1-16H2;1H4. The third-order valence-electron chi connectivity index (χ3n) is 13.8. The van der Waals surface area contributed by atoms with Crippen LogP contribution in [0, 0.1) is 47.3 Å². The molecular weight excluding hydrogens is 508 g/mol. The zero-order valence-corrected chi connectivity index (χ0v) is 24.6. The largest absolute Gasteiger partial charge is 0.286 e. The Balaban J connectivity index is 0.00000256. The van der Waals surface area contributed by atoms with Gasteiger partial charge in [-0.15, -0.1) is 0 Å². The lowest BCUT2D eigenvalue weighted by Crippen LogP contribution is -2.61. The van der Waals surface area contributed by atoms with Crippen molar-refractivity contribution < 1.29 is 0 Å². The first-order valence-electron chi connectivity index (χ1n) is 17.9. The minimum Gasteiger partial charge on any atom is -0.286 e. The molecule has 8 N–H and O–H groups in total. The Morgan fingerprint density at radius 2 is 0.341 bits per heavy atom. The van der Waals surface area contributed by atoms with Crippen molar-refractivity contribution in [3.05, 3.63) is 0 Å². The molecule has 5 aliphatic heterocycles. The van der Waals surface area contributed by atoms with E-state index in [4.69, 9.17) is 0 Å². The van der Waals surface area contributed by atoms with Crippen LogP contribution in [0.1, 0.15) is 110 Å².